The van der Waals surface area contributed by atoms with Gasteiger partial charge in [0.2, 0.25) is 11.8 Å². The molecule has 1 heterocycles. The zero-order valence-electron chi connectivity index (χ0n) is 15.0. The zero-order chi connectivity index (χ0) is 19.6. The maximum Gasteiger partial charge on any atom is 0.239 e. The monoisotopic (exact) mass is 374 g/mol. The third-order valence-electron chi connectivity index (χ3n) is 4.70. The molecule has 2 aromatic rings. The lowest BCUT2D eigenvalue weighted by Crippen LogP contribution is -2.38. The molecule has 0 bridgehead atoms. The molecule has 1 saturated heterocycles. The smallest absolute Gasteiger partial charge is 0.239 e. The molecule has 5 nitrogen and oxygen atoms in total. The Kier molecular flexibility index (Phi) is 5.39. The Morgan fingerprint density at radius 3 is 2.67 bits per heavy atom. The number of amides is 2. The first-order chi connectivity index (χ1) is 12.9. The minimum Gasteiger partial charge on any atom is -0.496 e. The highest BCUT2D eigenvalue weighted by atomic mass is 19.2. The summed E-state index contributed by atoms with van der Waals surface area (Å²) in [6, 6.07) is 10.2. The highest BCUT2D eigenvalue weighted by molar-refractivity contribution is 6.09. The van der Waals surface area contributed by atoms with Gasteiger partial charge in [-0.15, -0.1) is 0 Å². The van der Waals surface area contributed by atoms with Gasteiger partial charge in [-0.3, -0.25) is 9.59 Å². The summed E-state index contributed by atoms with van der Waals surface area (Å²) in [5.41, 5.74) is 1.04. The minimum atomic E-state index is -1.03. The number of nitrogens with one attached hydrogen (secondary N) is 1. The first-order valence-corrected chi connectivity index (χ1v) is 8.62. The molecule has 2 aromatic carbocycles. The van der Waals surface area contributed by atoms with Crippen molar-refractivity contribution in [3.63, 3.8) is 0 Å². The van der Waals surface area contributed by atoms with Crippen molar-refractivity contribution in [3.05, 3.63) is 59.7 Å². The molecule has 2 amide bonds. The average molecular weight is 374 g/mol. The highest BCUT2D eigenvalue weighted by Crippen LogP contribution is 2.28. The van der Waals surface area contributed by atoms with Crippen LogP contribution in [-0.2, 0) is 9.59 Å². The van der Waals surface area contributed by atoms with Crippen molar-refractivity contribution in [2.45, 2.75) is 19.4 Å². The second-order valence-corrected chi connectivity index (χ2v) is 6.40. The molecule has 1 aliphatic heterocycles. The fourth-order valence-electron chi connectivity index (χ4n) is 3.25. The van der Waals surface area contributed by atoms with Crippen molar-refractivity contribution in [1.29, 1.82) is 0 Å². The van der Waals surface area contributed by atoms with E-state index in [1.165, 1.54) is 11.0 Å². The van der Waals surface area contributed by atoms with Crippen LogP contribution in [-0.4, -0.2) is 25.5 Å². The van der Waals surface area contributed by atoms with E-state index in [2.05, 4.69) is 5.32 Å². The Labute approximate surface area is 155 Å². The number of hydrogen-bond acceptors (Lipinski definition) is 3. The number of halogens is 2. The maximum atomic E-state index is 13.4. The molecule has 0 spiro atoms. The van der Waals surface area contributed by atoms with Gasteiger partial charge in [-0.05, 0) is 31.5 Å². The van der Waals surface area contributed by atoms with Crippen molar-refractivity contribution < 1.29 is 23.1 Å². The van der Waals surface area contributed by atoms with E-state index in [0.29, 0.717) is 12.2 Å². The van der Waals surface area contributed by atoms with Crippen LogP contribution in [0.3, 0.4) is 0 Å². The summed E-state index contributed by atoms with van der Waals surface area (Å²) in [5, 5.41) is 2.84. The van der Waals surface area contributed by atoms with Crippen LogP contribution in [0.5, 0.6) is 5.75 Å². The van der Waals surface area contributed by atoms with E-state index in [9.17, 15) is 18.4 Å². The summed E-state index contributed by atoms with van der Waals surface area (Å²) in [5.74, 6) is -3.06. The van der Waals surface area contributed by atoms with Crippen LogP contribution < -0.4 is 15.0 Å². The first-order valence-electron chi connectivity index (χ1n) is 8.62. The molecular weight excluding hydrogens is 354 g/mol. The Bertz CT molecular complexity index is 872. The lowest BCUT2D eigenvalue weighted by atomic mass is 10.0. The third-order valence-corrected chi connectivity index (χ3v) is 4.70. The van der Waals surface area contributed by atoms with E-state index in [-0.39, 0.29) is 18.3 Å². The number of carbonyl (C=O) groups is 2. The van der Waals surface area contributed by atoms with Gasteiger partial charge in [0.15, 0.2) is 11.6 Å². The number of nitrogens with zero attached hydrogens (tertiary/aromatic N) is 1. The molecule has 7 heteroatoms. The van der Waals surface area contributed by atoms with E-state index in [1.807, 2.05) is 25.1 Å². The van der Waals surface area contributed by atoms with Crippen molar-refractivity contribution in [1.82, 2.24) is 5.32 Å². The number of methoxy groups -OCH3 is 1. The number of carbonyl (C=O) groups excluding carboxylic acids is 2. The third kappa shape index (κ3) is 3.77. The molecular formula is C20H20F2N2O3. The lowest BCUT2D eigenvalue weighted by molar-refractivity contribution is -0.132. The molecule has 0 unspecified atom stereocenters. The van der Waals surface area contributed by atoms with Crippen molar-refractivity contribution >= 4 is 17.5 Å². The Morgan fingerprint density at radius 1 is 1.22 bits per heavy atom. The van der Waals surface area contributed by atoms with Crippen LogP contribution in [0.2, 0.25) is 0 Å². The predicted octanol–water partition coefficient (Wildman–Crippen LogP) is 3.20. The van der Waals surface area contributed by atoms with Gasteiger partial charge in [0.25, 0.3) is 0 Å². The normalized spacial score (nSPS) is 17.7. The summed E-state index contributed by atoms with van der Waals surface area (Å²) in [7, 11) is 1.55. The Morgan fingerprint density at radius 2 is 1.96 bits per heavy atom. The summed E-state index contributed by atoms with van der Waals surface area (Å²) in [4.78, 5) is 26.5. The van der Waals surface area contributed by atoms with Gasteiger partial charge >= 0.3 is 0 Å². The van der Waals surface area contributed by atoms with Crippen molar-refractivity contribution in [2.75, 3.05) is 18.6 Å². The highest BCUT2D eigenvalue weighted by Gasteiger charge is 2.38. The van der Waals surface area contributed by atoms with Gasteiger partial charge < -0.3 is 15.0 Å². The summed E-state index contributed by atoms with van der Waals surface area (Å²) in [6.45, 7) is 2.08. The molecule has 142 valence electrons. The second kappa shape index (κ2) is 7.73. The maximum absolute atomic E-state index is 13.4. The number of ether oxygens (including phenoxy) is 1. The summed E-state index contributed by atoms with van der Waals surface area (Å²) >= 11 is 0. The van der Waals surface area contributed by atoms with E-state index in [4.69, 9.17) is 4.74 Å². The van der Waals surface area contributed by atoms with Gasteiger partial charge in [-0.1, -0.05) is 18.2 Å². The van der Waals surface area contributed by atoms with Crippen LogP contribution in [0.25, 0.3) is 0 Å². The standard InChI is InChI=1S/C20H20F2N2O3/c1-12(14-5-3-4-6-18(14)27-2)23-19(25)15-9-10-24(20(15)26)13-7-8-16(21)17(22)11-13/h3-8,11-12,15H,9-10H2,1-2H3,(H,23,25)/t12-,15-/m0/s1. The van der Waals surface area contributed by atoms with Gasteiger partial charge in [-0.2, -0.15) is 0 Å². The van der Waals surface area contributed by atoms with E-state index >= 15 is 0 Å². The van der Waals surface area contributed by atoms with E-state index < -0.39 is 29.4 Å². The van der Waals surface area contributed by atoms with Gasteiger partial charge in [0, 0.05) is 23.9 Å². The number of anilines is 1. The molecule has 1 aliphatic rings. The Hall–Kier alpha value is -2.96. The van der Waals surface area contributed by atoms with Crippen LogP contribution in [0.1, 0.15) is 24.9 Å². The molecule has 0 saturated carbocycles. The van der Waals surface area contributed by atoms with Gasteiger partial charge in [-0.25, -0.2) is 8.78 Å². The quantitative estimate of drug-likeness (QED) is 0.818. The zero-order valence-corrected chi connectivity index (χ0v) is 15.0. The molecule has 2 atom stereocenters. The number of para-hydroxylation sites is 1. The van der Waals surface area contributed by atoms with Crippen LogP contribution in [0.4, 0.5) is 14.5 Å². The lowest BCUT2D eigenvalue weighted by Gasteiger charge is -2.20. The summed E-state index contributed by atoms with van der Waals surface area (Å²) < 4.78 is 31.8. The largest absolute Gasteiger partial charge is 0.496 e. The van der Waals surface area contributed by atoms with Gasteiger partial charge in [0.05, 0.1) is 13.2 Å². The fourth-order valence-corrected chi connectivity index (χ4v) is 3.25. The molecule has 1 fully saturated rings. The topological polar surface area (TPSA) is 58.6 Å². The average Bonchev–Trinajstić information content (AvgIpc) is 3.05. The Balaban J connectivity index is 1.70. The number of rotatable bonds is 5. The number of benzene rings is 2. The minimum absolute atomic E-state index is 0.243. The fraction of sp³-hybridized carbons (Fsp3) is 0.300. The summed E-state index contributed by atoms with van der Waals surface area (Å²) in [6.07, 6.45) is 0.308. The molecule has 0 radical (unpaired) electrons. The van der Waals surface area contributed by atoms with Crippen molar-refractivity contribution in [3.8, 4) is 5.75 Å². The van der Waals surface area contributed by atoms with Crippen molar-refractivity contribution in [2.24, 2.45) is 5.92 Å². The molecule has 3 rings (SSSR count). The first kappa shape index (κ1) is 18.8. The molecule has 27 heavy (non-hydrogen) atoms. The van der Waals surface area contributed by atoms with Crippen LogP contribution in [0.15, 0.2) is 42.5 Å². The SMILES string of the molecule is COc1ccccc1[C@H](C)NC(=O)[C@@H]1CCN(c2ccc(F)c(F)c2)C1=O. The number of hydrogen-bond donors (Lipinski definition) is 1. The van der Waals surface area contributed by atoms with Gasteiger partial charge in [0.1, 0.15) is 11.7 Å². The van der Waals surface area contributed by atoms with Crippen LogP contribution in [0, 0.1) is 17.6 Å². The molecule has 1 N–H and O–H groups in total. The van der Waals surface area contributed by atoms with Crippen LogP contribution >= 0.6 is 0 Å². The molecule has 0 aliphatic carbocycles. The molecule has 0 aromatic heterocycles. The second-order valence-electron chi connectivity index (χ2n) is 6.40. The van der Waals surface area contributed by atoms with E-state index in [1.54, 1.807) is 13.2 Å². The predicted molar refractivity (Wildman–Crippen MR) is 96.4 cm³/mol. The van der Waals surface area contributed by atoms with E-state index in [0.717, 1.165) is 17.7 Å².